The van der Waals surface area contributed by atoms with E-state index < -0.39 is 5.97 Å². The second-order valence-electron chi connectivity index (χ2n) is 2.82. The molecule has 0 aromatic carbocycles. The van der Waals surface area contributed by atoms with Crippen molar-refractivity contribution in [3.8, 4) is 0 Å². The summed E-state index contributed by atoms with van der Waals surface area (Å²) >= 11 is 5.85. The Hall–Kier alpha value is -1.62. The molecule has 0 atom stereocenters. The predicted octanol–water partition coefficient (Wildman–Crippen LogP) is 1.39. The van der Waals surface area contributed by atoms with Crippen molar-refractivity contribution in [2.75, 3.05) is 0 Å². The van der Waals surface area contributed by atoms with Crippen LogP contribution in [0.15, 0.2) is 12.3 Å². The molecule has 0 spiro atoms. The van der Waals surface area contributed by atoms with Crippen molar-refractivity contribution in [2.45, 2.75) is 6.92 Å². The minimum atomic E-state index is -1.06. The normalized spacial score (nSPS) is 10.7. The molecule has 0 unspecified atom stereocenters. The van der Waals surface area contributed by atoms with Crippen LogP contribution in [0.2, 0.25) is 5.15 Å². The van der Waals surface area contributed by atoms with Crippen molar-refractivity contribution < 1.29 is 9.90 Å². The molecule has 2 aromatic heterocycles. The number of carboxylic acid groups (broad SMARTS) is 1. The van der Waals surface area contributed by atoms with E-state index >= 15 is 0 Å². The molecule has 0 aliphatic rings. The lowest BCUT2D eigenvalue weighted by atomic mass is 10.3. The van der Waals surface area contributed by atoms with Crippen LogP contribution in [0.25, 0.3) is 5.65 Å². The first-order chi connectivity index (χ1) is 6.59. The second kappa shape index (κ2) is 2.95. The van der Waals surface area contributed by atoms with Crippen LogP contribution in [0.4, 0.5) is 0 Å². The molecule has 0 radical (unpaired) electrons. The van der Waals surface area contributed by atoms with E-state index in [1.807, 2.05) is 0 Å². The van der Waals surface area contributed by atoms with Gasteiger partial charge in [-0.3, -0.25) is 0 Å². The van der Waals surface area contributed by atoms with Crippen molar-refractivity contribution >= 4 is 23.2 Å². The molecule has 0 aliphatic heterocycles. The summed E-state index contributed by atoms with van der Waals surface area (Å²) in [5, 5.41) is 13.0. The summed E-state index contributed by atoms with van der Waals surface area (Å²) in [6, 6.07) is 1.62. The number of aryl methyl sites for hydroxylation is 1. The number of aromatic carboxylic acids is 1. The summed E-state index contributed by atoms with van der Waals surface area (Å²) < 4.78 is 1.29. The quantitative estimate of drug-likeness (QED) is 0.724. The summed E-state index contributed by atoms with van der Waals surface area (Å²) in [6.07, 6.45) is 1.23. The molecular formula is C8H6ClN3O2. The summed E-state index contributed by atoms with van der Waals surface area (Å²) in [5.41, 5.74) is 0.976. The fraction of sp³-hybridized carbons (Fsp3) is 0.125. The zero-order valence-electron chi connectivity index (χ0n) is 7.23. The van der Waals surface area contributed by atoms with Crippen molar-refractivity contribution in [3.05, 3.63) is 28.7 Å². The number of aromatic nitrogens is 3. The van der Waals surface area contributed by atoms with Gasteiger partial charge in [-0.15, -0.1) is 0 Å². The molecule has 72 valence electrons. The van der Waals surface area contributed by atoms with Gasteiger partial charge in [0.2, 0.25) is 0 Å². The first-order valence-electron chi connectivity index (χ1n) is 3.84. The van der Waals surface area contributed by atoms with Gasteiger partial charge in [0.05, 0.1) is 6.20 Å². The number of carbonyl (C=O) groups is 1. The zero-order valence-corrected chi connectivity index (χ0v) is 7.99. The van der Waals surface area contributed by atoms with E-state index in [1.165, 1.54) is 10.7 Å². The molecule has 0 amide bonds. The Balaban J connectivity index is 2.85. The summed E-state index contributed by atoms with van der Waals surface area (Å²) in [6.45, 7) is 1.74. The van der Waals surface area contributed by atoms with Crippen LogP contribution in [0.1, 0.15) is 16.1 Å². The first kappa shape index (κ1) is 8.96. The van der Waals surface area contributed by atoms with E-state index in [1.54, 1.807) is 13.0 Å². The Labute approximate surface area is 83.9 Å². The van der Waals surface area contributed by atoms with E-state index in [0.717, 1.165) is 0 Å². The monoisotopic (exact) mass is 211 g/mol. The van der Waals surface area contributed by atoms with E-state index in [-0.39, 0.29) is 11.2 Å². The maximum Gasteiger partial charge on any atom is 0.341 e. The molecule has 2 rings (SSSR count). The van der Waals surface area contributed by atoms with E-state index in [2.05, 4.69) is 10.1 Å². The first-order valence-corrected chi connectivity index (χ1v) is 4.21. The van der Waals surface area contributed by atoms with Crippen LogP contribution in [-0.2, 0) is 0 Å². The fourth-order valence-corrected chi connectivity index (χ4v) is 1.47. The largest absolute Gasteiger partial charge is 0.477 e. The topological polar surface area (TPSA) is 67.5 Å². The average Bonchev–Trinajstić information content (AvgIpc) is 2.47. The maximum absolute atomic E-state index is 10.8. The van der Waals surface area contributed by atoms with Gasteiger partial charge in [0.1, 0.15) is 10.7 Å². The number of fused-ring (bicyclic) bond motifs is 1. The molecule has 2 aromatic rings. The minimum absolute atomic E-state index is 0.0515. The molecule has 0 bridgehead atoms. The van der Waals surface area contributed by atoms with Crippen LogP contribution in [0.3, 0.4) is 0 Å². The summed E-state index contributed by atoms with van der Waals surface area (Å²) in [7, 11) is 0. The number of nitrogens with zero attached hydrogens (tertiary/aromatic N) is 3. The van der Waals surface area contributed by atoms with Crippen LogP contribution in [0, 0.1) is 6.92 Å². The summed E-state index contributed by atoms with van der Waals surface area (Å²) in [4.78, 5) is 14.8. The second-order valence-corrected chi connectivity index (χ2v) is 3.21. The van der Waals surface area contributed by atoms with Gasteiger partial charge in [0.15, 0.2) is 5.65 Å². The third-order valence-corrected chi connectivity index (χ3v) is 2.06. The number of hydrogen-bond acceptors (Lipinski definition) is 3. The van der Waals surface area contributed by atoms with Crippen molar-refractivity contribution in [2.24, 2.45) is 0 Å². The molecular weight excluding hydrogens is 206 g/mol. The smallest absolute Gasteiger partial charge is 0.341 e. The maximum atomic E-state index is 10.8. The Kier molecular flexibility index (Phi) is 1.89. The molecule has 1 N–H and O–H groups in total. The van der Waals surface area contributed by atoms with Gasteiger partial charge >= 0.3 is 5.97 Å². The molecule has 0 fully saturated rings. The minimum Gasteiger partial charge on any atom is -0.477 e. The van der Waals surface area contributed by atoms with E-state index in [0.29, 0.717) is 10.8 Å². The number of carboxylic acids is 1. The van der Waals surface area contributed by atoms with Gasteiger partial charge in [0, 0.05) is 5.69 Å². The van der Waals surface area contributed by atoms with Crippen LogP contribution < -0.4 is 0 Å². The van der Waals surface area contributed by atoms with Crippen molar-refractivity contribution in [1.29, 1.82) is 0 Å². The zero-order chi connectivity index (χ0) is 10.3. The van der Waals surface area contributed by atoms with Crippen molar-refractivity contribution in [1.82, 2.24) is 14.6 Å². The highest BCUT2D eigenvalue weighted by Crippen LogP contribution is 2.15. The Morgan fingerprint density at radius 1 is 1.64 bits per heavy atom. The van der Waals surface area contributed by atoms with Crippen LogP contribution in [0.5, 0.6) is 0 Å². The van der Waals surface area contributed by atoms with Gasteiger partial charge in [-0.25, -0.2) is 14.3 Å². The van der Waals surface area contributed by atoms with Crippen LogP contribution in [-0.4, -0.2) is 25.7 Å². The highest BCUT2D eigenvalue weighted by atomic mass is 35.5. The van der Waals surface area contributed by atoms with Gasteiger partial charge in [0.25, 0.3) is 0 Å². The highest BCUT2D eigenvalue weighted by Gasteiger charge is 2.14. The molecule has 0 saturated heterocycles. The number of rotatable bonds is 1. The van der Waals surface area contributed by atoms with Crippen molar-refractivity contribution in [3.63, 3.8) is 0 Å². The lowest BCUT2D eigenvalue weighted by Gasteiger charge is -1.98. The highest BCUT2D eigenvalue weighted by molar-refractivity contribution is 6.29. The molecule has 0 aliphatic carbocycles. The molecule has 2 heterocycles. The standard InChI is InChI=1S/C8H6ClN3O2/c1-4-2-6(9)12-7(11-4)5(3-10-12)8(13)14/h2-3H,1H3,(H,13,14). The SMILES string of the molecule is Cc1cc(Cl)n2ncc(C(=O)O)c2n1. The van der Waals surface area contributed by atoms with Gasteiger partial charge in [-0.1, -0.05) is 11.6 Å². The predicted molar refractivity (Wildman–Crippen MR) is 49.7 cm³/mol. The third kappa shape index (κ3) is 1.22. The van der Waals surface area contributed by atoms with Gasteiger partial charge in [-0.05, 0) is 13.0 Å². The fourth-order valence-electron chi connectivity index (χ4n) is 1.19. The number of hydrogen-bond donors (Lipinski definition) is 1. The third-order valence-electron chi connectivity index (χ3n) is 1.79. The molecule has 0 saturated carbocycles. The van der Waals surface area contributed by atoms with E-state index in [9.17, 15) is 4.79 Å². The molecule has 14 heavy (non-hydrogen) atoms. The Morgan fingerprint density at radius 3 is 3.00 bits per heavy atom. The Bertz CT molecular complexity index is 521. The molecule has 5 nitrogen and oxygen atoms in total. The van der Waals surface area contributed by atoms with Gasteiger partial charge < -0.3 is 5.11 Å². The van der Waals surface area contributed by atoms with Gasteiger partial charge in [-0.2, -0.15) is 5.10 Å². The Morgan fingerprint density at radius 2 is 2.36 bits per heavy atom. The lowest BCUT2D eigenvalue weighted by Crippen LogP contribution is -1.99. The van der Waals surface area contributed by atoms with Crippen LogP contribution >= 0.6 is 11.6 Å². The van der Waals surface area contributed by atoms with E-state index in [4.69, 9.17) is 16.7 Å². The number of halogens is 1. The summed E-state index contributed by atoms with van der Waals surface area (Å²) in [5.74, 6) is -1.06. The lowest BCUT2D eigenvalue weighted by molar-refractivity contribution is 0.0699. The average molecular weight is 212 g/mol. The molecule has 6 heteroatoms.